The van der Waals surface area contributed by atoms with Crippen molar-refractivity contribution in [1.82, 2.24) is 0 Å². The lowest BCUT2D eigenvalue weighted by Gasteiger charge is -2.04. The van der Waals surface area contributed by atoms with E-state index >= 15 is 0 Å². The van der Waals surface area contributed by atoms with Crippen molar-refractivity contribution in [3.8, 4) is 5.75 Å². The summed E-state index contributed by atoms with van der Waals surface area (Å²) in [5.41, 5.74) is 0.901. The van der Waals surface area contributed by atoms with Gasteiger partial charge in [0.05, 0.1) is 6.61 Å². The molecule has 0 radical (unpaired) electrons. The first-order valence-corrected chi connectivity index (χ1v) is 5.61. The largest absolute Gasteiger partial charge is 0.488 e. The van der Waals surface area contributed by atoms with E-state index in [-0.39, 0.29) is 6.61 Å². The van der Waals surface area contributed by atoms with Gasteiger partial charge in [-0.05, 0) is 29.1 Å². The van der Waals surface area contributed by atoms with Gasteiger partial charge in [-0.25, -0.2) is 0 Å². The SMILES string of the molecule is OCc1ccc(OCc2cccs2)cc1. The van der Waals surface area contributed by atoms with E-state index < -0.39 is 0 Å². The van der Waals surface area contributed by atoms with Crippen LogP contribution in [0.1, 0.15) is 10.4 Å². The first kappa shape index (κ1) is 10.2. The van der Waals surface area contributed by atoms with Crippen molar-refractivity contribution in [2.75, 3.05) is 0 Å². The number of hydrogen-bond acceptors (Lipinski definition) is 3. The van der Waals surface area contributed by atoms with Crippen LogP contribution in [0.25, 0.3) is 0 Å². The highest BCUT2D eigenvalue weighted by Gasteiger charge is 1.96. The minimum Gasteiger partial charge on any atom is -0.488 e. The molecule has 2 aromatic rings. The predicted molar refractivity (Wildman–Crippen MR) is 61.0 cm³/mol. The van der Waals surface area contributed by atoms with E-state index in [0.717, 1.165) is 11.3 Å². The molecule has 3 heteroatoms. The van der Waals surface area contributed by atoms with Crippen LogP contribution < -0.4 is 4.74 Å². The van der Waals surface area contributed by atoms with Crippen molar-refractivity contribution in [2.24, 2.45) is 0 Å². The van der Waals surface area contributed by atoms with Crippen LogP contribution in [0.5, 0.6) is 5.75 Å². The third-order valence-corrected chi connectivity index (χ3v) is 2.92. The number of benzene rings is 1. The van der Waals surface area contributed by atoms with Crippen LogP contribution in [-0.4, -0.2) is 5.11 Å². The molecule has 2 nitrogen and oxygen atoms in total. The zero-order chi connectivity index (χ0) is 10.5. The van der Waals surface area contributed by atoms with Gasteiger partial charge in [0, 0.05) is 4.88 Å². The second-order valence-electron chi connectivity index (χ2n) is 3.17. The number of thiophene rings is 1. The lowest BCUT2D eigenvalue weighted by molar-refractivity contribution is 0.281. The van der Waals surface area contributed by atoms with E-state index in [2.05, 4.69) is 0 Å². The van der Waals surface area contributed by atoms with E-state index in [0.29, 0.717) is 6.61 Å². The summed E-state index contributed by atoms with van der Waals surface area (Å²) in [6.07, 6.45) is 0. The Morgan fingerprint density at radius 2 is 1.93 bits per heavy atom. The Balaban J connectivity index is 1.93. The van der Waals surface area contributed by atoms with Gasteiger partial charge < -0.3 is 9.84 Å². The molecular formula is C12H12O2S. The molecule has 0 fully saturated rings. The van der Waals surface area contributed by atoms with E-state index in [4.69, 9.17) is 9.84 Å². The van der Waals surface area contributed by atoms with E-state index in [9.17, 15) is 0 Å². The van der Waals surface area contributed by atoms with Gasteiger partial charge in [-0.15, -0.1) is 11.3 Å². The molecule has 0 spiro atoms. The molecule has 2 rings (SSSR count). The van der Waals surface area contributed by atoms with Gasteiger partial charge >= 0.3 is 0 Å². The molecule has 1 aromatic carbocycles. The molecule has 0 saturated carbocycles. The Hall–Kier alpha value is -1.32. The van der Waals surface area contributed by atoms with Gasteiger partial charge in [0.1, 0.15) is 12.4 Å². The van der Waals surface area contributed by atoms with Crippen molar-refractivity contribution < 1.29 is 9.84 Å². The Labute approximate surface area is 92.8 Å². The number of aliphatic hydroxyl groups is 1. The fraction of sp³-hybridized carbons (Fsp3) is 0.167. The zero-order valence-electron chi connectivity index (χ0n) is 8.22. The Morgan fingerprint density at radius 1 is 1.13 bits per heavy atom. The average molecular weight is 220 g/mol. The molecule has 0 bridgehead atoms. The molecule has 0 unspecified atom stereocenters. The first-order chi connectivity index (χ1) is 7.38. The van der Waals surface area contributed by atoms with Crippen LogP contribution in [-0.2, 0) is 13.2 Å². The Morgan fingerprint density at radius 3 is 2.53 bits per heavy atom. The van der Waals surface area contributed by atoms with Crippen molar-refractivity contribution in [2.45, 2.75) is 13.2 Å². The Kier molecular flexibility index (Phi) is 3.37. The van der Waals surface area contributed by atoms with Crippen molar-refractivity contribution in [3.05, 3.63) is 52.2 Å². The number of aliphatic hydroxyl groups excluding tert-OH is 1. The summed E-state index contributed by atoms with van der Waals surface area (Å²) >= 11 is 1.68. The van der Waals surface area contributed by atoms with E-state index in [1.165, 1.54) is 4.88 Å². The summed E-state index contributed by atoms with van der Waals surface area (Å²) in [7, 11) is 0. The minimum atomic E-state index is 0.0746. The molecule has 1 heterocycles. The summed E-state index contributed by atoms with van der Waals surface area (Å²) in [6.45, 7) is 0.682. The van der Waals surface area contributed by atoms with Gasteiger partial charge in [0.15, 0.2) is 0 Å². The lowest BCUT2D eigenvalue weighted by atomic mass is 10.2. The minimum absolute atomic E-state index is 0.0746. The van der Waals surface area contributed by atoms with E-state index in [1.807, 2.05) is 41.8 Å². The van der Waals surface area contributed by atoms with Gasteiger partial charge in [0.2, 0.25) is 0 Å². The third-order valence-electron chi connectivity index (χ3n) is 2.07. The topological polar surface area (TPSA) is 29.5 Å². The maximum atomic E-state index is 8.87. The van der Waals surface area contributed by atoms with Crippen molar-refractivity contribution >= 4 is 11.3 Å². The second kappa shape index (κ2) is 4.96. The number of hydrogen-bond donors (Lipinski definition) is 1. The molecule has 15 heavy (non-hydrogen) atoms. The van der Waals surface area contributed by atoms with Gasteiger partial charge in [-0.2, -0.15) is 0 Å². The molecular weight excluding hydrogens is 208 g/mol. The van der Waals surface area contributed by atoms with Crippen LogP contribution in [0.15, 0.2) is 41.8 Å². The molecule has 0 aliphatic heterocycles. The maximum Gasteiger partial charge on any atom is 0.122 e. The fourth-order valence-electron chi connectivity index (χ4n) is 1.24. The zero-order valence-corrected chi connectivity index (χ0v) is 9.04. The summed E-state index contributed by atoms with van der Waals surface area (Å²) in [6, 6.07) is 11.5. The normalized spacial score (nSPS) is 10.2. The Bertz CT molecular complexity index is 392. The molecule has 1 N–H and O–H groups in total. The fourth-order valence-corrected chi connectivity index (χ4v) is 1.86. The highest BCUT2D eigenvalue weighted by atomic mass is 32.1. The molecule has 1 aromatic heterocycles. The van der Waals surface area contributed by atoms with Gasteiger partial charge in [0.25, 0.3) is 0 Å². The van der Waals surface area contributed by atoms with Gasteiger partial charge in [-0.3, -0.25) is 0 Å². The molecule has 0 saturated heterocycles. The molecule has 0 amide bonds. The summed E-state index contributed by atoms with van der Waals surface area (Å²) in [5.74, 6) is 0.834. The number of rotatable bonds is 4. The average Bonchev–Trinajstić information content (AvgIpc) is 2.80. The second-order valence-corrected chi connectivity index (χ2v) is 4.20. The van der Waals surface area contributed by atoms with E-state index in [1.54, 1.807) is 11.3 Å². The molecule has 78 valence electrons. The molecule has 0 aliphatic carbocycles. The van der Waals surface area contributed by atoms with Crippen LogP contribution in [0.2, 0.25) is 0 Å². The van der Waals surface area contributed by atoms with Crippen LogP contribution in [0.3, 0.4) is 0 Å². The lowest BCUT2D eigenvalue weighted by Crippen LogP contribution is -1.92. The molecule has 0 aliphatic rings. The van der Waals surface area contributed by atoms with Gasteiger partial charge in [-0.1, -0.05) is 18.2 Å². The van der Waals surface area contributed by atoms with Crippen LogP contribution in [0, 0.1) is 0 Å². The number of ether oxygens (including phenoxy) is 1. The maximum absolute atomic E-state index is 8.87. The summed E-state index contributed by atoms with van der Waals surface area (Å²) in [4.78, 5) is 1.21. The van der Waals surface area contributed by atoms with Crippen molar-refractivity contribution in [3.63, 3.8) is 0 Å². The highest BCUT2D eigenvalue weighted by Crippen LogP contribution is 2.16. The smallest absolute Gasteiger partial charge is 0.122 e. The highest BCUT2D eigenvalue weighted by molar-refractivity contribution is 7.09. The van der Waals surface area contributed by atoms with Crippen LogP contribution >= 0.6 is 11.3 Å². The standard InChI is InChI=1S/C12H12O2S/c13-8-10-3-5-11(6-4-10)14-9-12-2-1-7-15-12/h1-7,13H,8-9H2. The first-order valence-electron chi connectivity index (χ1n) is 4.73. The third kappa shape index (κ3) is 2.81. The van der Waals surface area contributed by atoms with Crippen LogP contribution in [0.4, 0.5) is 0 Å². The summed E-state index contributed by atoms with van der Waals surface area (Å²) in [5, 5.41) is 10.9. The molecule has 0 atom stereocenters. The quantitative estimate of drug-likeness (QED) is 0.858. The van der Waals surface area contributed by atoms with Crippen molar-refractivity contribution in [1.29, 1.82) is 0 Å². The predicted octanol–water partition coefficient (Wildman–Crippen LogP) is 2.82. The summed E-state index contributed by atoms with van der Waals surface area (Å²) < 4.78 is 5.58. The monoisotopic (exact) mass is 220 g/mol.